The second kappa shape index (κ2) is 8.99. The molecule has 0 unspecified atom stereocenters. The molecule has 5 nitrogen and oxygen atoms in total. The Morgan fingerprint density at radius 3 is 2.20 bits per heavy atom. The summed E-state index contributed by atoms with van der Waals surface area (Å²) in [7, 11) is -1.74. The fourth-order valence-corrected chi connectivity index (χ4v) is 4.08. The lowest BCUT2D eigenvalue weighted by Gasteiger charge is -2.18. The van der Waals surface area contributed by atoms with Crippen molar-refractivity contribution < 1.29 is 13.2 Å². The number of methoxy groups -OCH3 is 1. The van der Waals surface area contributed by atoms with Crippen molar-refractivity contribution in [3.63, 3.8) is 0 Å². The maximum absolute atomic E-state index is 12.5. The number of hydrogen-bond donors (Lipinski definition) is 1. The fourth-order valence-electron chi connectivity index (χ4n) is 2.63. The van der Waals surface area contributed by atoms with Crippen LogP contribution in [0.5, 0.6) is 5.75 Å². The maximum atomic E-state index is 12.5. The first-order valence-corrected chi connectivity index (χ1v) is 9.88. The summed E-state index contributed by atoms with van der Waals surface area (Å²) in [4.78, 5) is 0.341. The predicted octanol–water partition coefficient (Wildman–Crippen LogP) is 3.02. The van der Waals surface area contributed by atoms with Crippen molar-refractivity contribution in [2.24, 2.45) is 0 Å². The van der Waals surface area contributed by atoms with Crippen LogP contribution in [0.15, 0.2) is 53.4 Å². The molecule has 0 aliphatic carbocycles. The summed E-state index contributed by atoms with van der Waals surface area (Å²) in [5.74, 6) is 0.838. The third-order valence-electron chi connectivity index (χ3n) is 4.06. The molecule has 0 saturated heterocycles. The van der Waals surface area contributed by atoms with Gasteiger partial charge in [0.25, 0.3) is 0 Å². The van der Waals surface area contributed by atoms with Crippen LogP contribution < -0.4 is 10.1 Å². The highest BCUT2D eigenvalue weighted by molar-refractivity contribution is 7.89. The number of benzene rings is 2. The Balaban J connectivity index is 1.96. The molecule has 2 rings (SSSR count). The van der Waals surface area contributed by atoms with Crippen molar-refractivity contribution in [1.29, 1.82) is 0 Å². The van der Waals surface area contributed by atoms with Crippen LogP contribution in [0.2, 0.25) is 0 Å². The molecule has 0 aliphatic rings. The average molecular weight is 362 g/mol. The first kappa shape index (κ1) is 19.4. The Bertz CT molecular complexity index is 770. The summed E-state index contributed by atoms with van der Waals surface area (Å²) in [6.45, 7) is 6.03. The summed E-state index contributed by atoms with van der Waals surface area (Å²) in [5.41, 5.74) is 2.18. The molecule has 0 radical (unpaired) electrons. The van der Waals surface area contributed by atoms with E-state index >= 15 is 0 Å². The molecular weight excluding hydrogens is 336 g/mol. The van der Waals surface area contributed by atoms with Crippen molar-refractivity contribution in [2.75, 3.05) is 20.2 Å². The lowest BCUT2D eigenvalue weighted by atomic mass is 10.2. The van der Waals surface area contributed by atoms with Crippen molar-refractivity contribution in [3.05, 3.63) is 59.7 Å². The van der Waals surface area contributed by atoms with E-state index < -0.39 is 10.0 Å². The summed E-state index contributed by atoms with van der Waals surface area (Å²) in [5, 5.41) is 3.36. The highest BCUT2D eigenvalue weighted by Gasteiger charge is 2.20. The van der Waals surface area contributed by atoms with Crippen LogP contribution >= 0.6 is 0 Å². The fraction of sp³-hybridized carbons (Fsp3) is 0.368. The van der Waals surface area contributed by atoms with E-state index in [1.165, 1.54) is 4.31 Å². The van der Waals surface area contributed by atoms with Gasteiger partial charge in [-0.05, 0) is 35.4 Å². The van der Waals surface area contributed by atoms with Crippen LogP contribution in [0.3, 0.4) is 0 Å². The van der Waals surface area contributed by atoms with E-state index in [4.69, 9.17) is 4.74 Å². The van der Waals surface area contributed by atoms with Crippen molar-refractivity contribution in [1.82, 2.24) is 9.62 Å². The molecule has 25 heavy (non-hydrogen) atoms. The van der Waals surface area contributed by atoms with Gasteiger partial charge in [0, 0.05) is 26.2 Å². The zero-order valence-electron chi connectivity index (χ0n) is 15.0. The molecule has 1 N–H and O–H groups in total. The van der Waals surface area contributed by atoms with Gasteiger partial charge >= 0.3 is 0 Å². The standard InChI is InChI=1S/C19H26N2O3S/c1-4-21(5-2)25(22,23)19-11-9-16(10-12-19)14-20-15-17-7-6-8-18(13-17)24-3/h6-13,20H,4-5,14-15H2,1-3H3. The molecule has 2 aromatic rings. The smallest absolute Gasteiger partial charge is 0.243 e. The van der Waals surface area contributed by atoms with Gasteiger partial charge in [-0.2, -0.15) is 4.31 Å². The first-order valence-electron chi connectivity index (χ1n) is 8.44. The van der Waals surface area contributed by atoms with E-state index in [1.54, 1.807) is 19.2 Å². The van der Waals surface area contributed by atoms with Gasteiger partial charge in [0.1, 0.15) is 5.75 Å². The van der Waals surface area contributed by atoms with Crippen LogP contribution in [0, 0.1) is 0 Å². The molecular formula is C19H26N2O3S. The normalized spacial score (nSPS) is 11.7. The molecule has 0 amide bonds. The quantitative estimate of drug-likeness (QED) is 0.745. The first-order chi connectivity index (χ1) is 12.0. The summed E-state index contributed by atoms with van der Waals surface area (Å²) < 4.78 is 31.6. The van der Waals surface area contributed by atoms with Crippen molar-refractivity contribution >= 4 is 10.0 Å². The Morgan fingerprint density at radius 1 is 0.960 bits per heavy atom. The van der Waals surface area contributed by atoms with Gasteiger partial charge in [0.05, 0.1) is 12.0 Å². The summed E-state index contributed by atoms with van der Waals surface area (Å²) in [6.07, 6.45) is 0. The molecule has 0 heterocycles. The maximum Gasteiger partial charge on any atom is 0.243 e. The predicted molar refractivity (Wildman–Crippen MR) is 100 cm³/mol. The number of rotatable bonds is 9. The topological polar surface area (TPSA) is 58.6 Å². The summed E-state index contributed by atoms with van der Waals surface area (Å²) in [6, 6.07) is 15.0. The number of nitrogens with one attached hydrogen (secondary N) is 1. The third kappa shape index (κ3) is 5.04. The Labute approximate surface area is 150 Å². The van der Waals surface area contributed by atoms with Gasteiger partial charge < -0.3 is 10.1 Å². The van der Waals surface area contributed by atoms with E-state index in [1.807, 2.05) is 50.2 Å². The highest BCUT2D eigenvalue weighted by atomic mass is 32.2. The Morgan fingerprint density at radius 2 is 1.60 bits per heavy atom. The largest absolute Gasteiger partial charge is 0.497 e. The van der Waals surface area contributed by atoms with Crippen LogP contribution in [-0.2, 0) is 23.1 Å². The number of nitrogens with zero attached hydrogens (tertiary/aromatic N) is 1. The highest BCUT2D eigenvalue weighted by Crippen LogP contribution is 2.16. The minimum atomic E-state index is -3.39. The van der Waals surface area contributed by atoms with Crippen LogP contribution in [0.4, 0.5) is 0 Å². The number of hydrogen-bond acceptors (Lipinski definition) is 4. The van der Waals surface area contributed by atoms with Gasteiger partial charge in [0.2, 0.25) is 10.0 Å². The molecule has 0 aliphatic heterocycles. The second-order valence-electron chi connectivity index (χ2n) is 5.69. The summed E-state index contributed by atoms with van der Waals surface area (Å²) >= 11 is 0. The van der Waals surface area contributed by atoms with E-state index in [9.17, 15) is 8.42 Å². The third-order valence-corrected chi connectivity index (χ3v) is 6.12. The Hall–Kier alpha value is -1.89. The molecule has 6 heteroatoms. The molecule has 2 aromatic carbocycles. The molecule has 0 aromatic heterocycles. The Kier molecular flexibility index (Phi) is 6.99. The number of sulfonamides is 1. The van der Waals surface area contributed by atoms with Gasteiger partial charge in [-0.15, -0.1) is 0 Å². The van der Waals surface area contributed by atoms with E-state index in [0.717, 1.165) is 23.4 Å². The minimum Gasteiger partial charge on any atom is -0.497 e. The van der Waals surface area contributed by atoms with E-state index in [-0.39, 0.29) is 0 Å². The average Bonchev–Trinajstić information content (AvgIpc) is 2.63. The van der Waals surface area contributed by atoms with Gasteiger partial charge in [-0.3, -0.25) is 0 Å². The zero-order chi connectivity index (χ0) is 18.3. The van der Waals surface area contributed by atoms with Crippen LogP contribution in [0.1, 0.15) is 25.0 Å². The lowest BCUT2D eigenvalue weighted by molar-refractivity contribution is 0.414. The molecule has 0 saturated carbocycles. The van der Waals surface area contributed by atoms with E-state index in [2.05, 4.69) is 5.32 Å². The van der Waals surface area contributed by atoms with Crippen molar-refractivity contribution in [2.45, 2.75) is 31.8 Å². The van der Waals surface area contributed by atoms with Crippen molar-refractivity contribution in [3.8, 4) is 5.75 Å². The molecule has 0 bridgehead atoms. The molecule has 0 atom stereocenters. The second-order valence-corrected chi connectivity index (χ2v) is 7.63. The molecule has 136 valence electrons. The van der Waals surface area contributed by atoms with E-state index in [0.29, 0.717) is 24.5 Å². The van der Waals surface area contributed by atoms with Crippen LogP contribution in [0.25, 0.3) is 0 Å². The monoisotopic (exact) mass is 362 g/mol. The van der Waals surface area contributed by atoms with Gasteiger partial charge in [-0.25, -0.2) is 8.42 Å². The lowest BCUT2D eigenvalue weighted by Crippen LogP contribution is -2.30. The zero-order valence-corrected chi connectivity index (χ0v) is 15.8. The molecule has 0 fully saturated rings. The minimum absolute atomic E-state index is 0.341. The van der Waals surface area contributed by atoms with Gasteiger partial charge in [-0.1, -0.05) is 38.1 Å². The van der Waals surface area contributed by atoms with Crippen LogP contribution in [-0.4, -0.2) is 32.9 Å². The van der Waals surface area contributed by atoms with Gasteiger partial charge in [0.15, 0.2) is 0 Å². The SMILES string of the molecule is CCN(CC)S(=O)(=O)c1ccc(CNCc2cccc(OC)c2)cc1. The molecule has 0 spiro atoms. The number of ether oxygens (including phenoxy) is 1.